The van der Waals surface area contributed by atoms with Gasteiger partial charge in [-0.3, -0.25) is 9.59 Å². The van der Waals surface area contributed by atoms with E-state index in [9.17, 15) is 9.59 Å². The first kappa shape index (κ1) is 14.9. The molecule has 0 bridgehead atoms. The lowest BCUT2D eigenvalue weighted by molar-refractivity contribution is -0.119. The van der Waals surface area contributed by atoms with Gasteiger partial charge in [-0.1, -0.05) is 0 Å². The molecule has 1 aromatic rings. The van der Waals surface area contributed by atoms with Crippen molar-refractivity contribution in [2.24, 2.45) is 0 Å². The van der Waals surface area contributed by atoms with E-state index in [0.717, 1.165) is 10.6 Å². The average Bonchev–Trinajstić information content (AvgIpc) is 2.78. The van der Waals surface area contributed by atoms with E-state index in [0.29, 0.717) is 30.5 Å². The minimum atomic E-state index is -0.318. The van der Waals surface area contributed by atoms with Crippen molar-refractivity contribution in [2.45, 2.75) is 0 Å². The van der Waals surface area contributed by atoms with Crippen molar-refractivity contribution in [1.82, 2.24) is 0 Å². The average molecular weight is 313 g/mol. The van der Waals surface area contributed by atoms with Gasteiger partial charge in [-0.2, -0.15) is 0 Å². The normalized spacial score (nSPS) is 14.2. The monoisotopic (exact) mass is 312 g/mol. The minimum absolute atomic E-state index is 0.318. The zero-order chi connectivity index (χ0) is 14.5. The molecule has 1 aliphatic rings. The molecule has 1 aromatic carbocycles. The Bertz CT molecular complexity index is 504. The predicted molar refractivity (Wildman–Crippen MR) is 81.7 cm³/mol. The Morgan fingerprint density at radius 3 is 1.85 bits per heavy atom. The van der Waals surface area contributed by atoms with E-state index in [1.54, 1.807) is 12.1 Å². The number of carbonyl (C=O) groups is 2. The van der Waals surface area contributed by atoms with Gasteiger partial charge in [-0.25, -0.2) is 4.90 Å². The quantitative estimate of drug-likeness (QED) is 0.598. The van der Waals surface area contributed by atoms with Crippen molar-refractivity contribution in [1.29, 1.82) is 0 Å². The molecule has 0 spiro atoms. The molecule has 1 aliphatic heterocycles. The molecule has 1 heterocycles. The fraction of sp³-hybridized carbons (Fsp3) is 0.286. The van der Waals surface area contributed by atoms with Crippen LogP contribution >= 0.6 is 23.2 Å². The highest BCUT2D eigenvalue weighted by Crippen LogP contribution is 2.23. The second kappa shape index (κ2) is 6.77. The summed E-state index contributed by atoms with van der Waals surface area (Å²) in [4.78, 5) is 26.4. The molecule has 2 rings (SSSR count). The summed E-state index contributed by atoms with van der Waals surface area (Å²) in [5, 5.41) is 0. The lowest BCUT2D eigenvalue weighted by atomic mass is 10.2. The second-order valence-electron chi connectivity index (χ2n) is 4.23. The highest BCUT2D eigenvalue weighted by Gasteiger charge is 2.24. The fourth-order valence-corrected chi connectivity index (χ4v) is 2.45. The van der Waals surface area contributed by atoms with E-state index in [1.807, 2.05) is 12.1 Å². The molecule has 6 heteroatoms. The Morgan fingerprint density at radius 1 is 0.900 bits per heavy atom. The summed E-state index contributed by atoms with van der Waals surface area (Å²) in [5.74, 6) is 0.374. The Labute approximate surface area is 127 Å². The Balaban J connectivity index is 2.17. The SMILES string of the molecule is O=C1C=CC(=O)N1c1ccc(N(CCCl)CCCl)cc1. The maximum Gasteiger partial charge on any atom is 0.258 e. The first-order valence-electron chi connectivity index (χ1n) is 6.20. The topological polar surface area (TPSA) is 40.6 Å². The number of nitrogens with zero attached hydrogens (tertiary/aromatic N) is 2. The van der Waals surface area contributed by atoms with Crippen LogP contribution in [0.3, 0.4) is 0 Å². The van der Waals surface area contributed by atoms with Gasteiger partial charge in [-0.15, -0.1) is 23.2 Å². The number of carbonyl (C=O) groups excluding carboxylic acids is 2. The van der Waals surface area contributed by atoms with Crippen LogP contribution in [0.1, 0.15) is 0 Å². The molecular weight excluding hydrogens is 299 g/mol. The molecule has 0 aromatic heterocycles. The van der Waals surface area contributed by atoms with E-state index in [-0.39, 0.29) is 11.8 Å². The molecule has 0 atom stereocenters. The summed E-state index contributed by atoms with van der Waals surface area (Å²) in [6.45, 7) is 1.38. The first-order valence-corrected chi connectivity index (χ1v) is 7.27. The van der Waals surface area contributed by atoms with Crippen LogP contribution in [-0.4, -0.2) is 36.7 Å². The number of imide groups is 1. The van der Waals surface area contributed by atoms with E-state index < -0.39 is 0 Å². The second-order valence-corrected chi connectivity index (χ2v) is 4.98. The van der Waals surface area contributed by atoms with Crippen LogP contribution in [0.15, 0.2) is 36.4 Å². The van der Waals surface area contributed by atoms with Gasteiger partial charge < -0.3 is 4.90 Å². The van der Waals surface area contributed by atoms with Gasteiger partial charge >= 0.3 is 0 Å². The van der Waals surface area contributed by atoms with Gasteiger partial charge in [0.15, 0.2) is 0 Å². The third kappa shape index (κ3) is 3.14. The van der Waals surface area contributed by atoms with E-state index in [4.69, 9.17) is 23.2 Å². The van der Waals surface area contributed by atoms with Crippen LogP contribution < -0.4 is 9.80 Å². The van der Waals surface area contributed by atoms with Crippen molar-refractivity contribution in [3.8, 4) is 0 Å². The minimum Gasteiger partial charge on any atom is -0.369 e. The largest absolute Gasteiger partial charge is 0.369 e. The van der Waals surface area contributed by atoms with E-state index >= 15 is 0 Å². The van der Waals surface area contributed by atoms with Gasteiger partial charge in [0.25, 0.3) is 11.8 Å². The van der Waals surface area contributed by atoms with Gasteiger partial charge in [-0.05, 0) is 24.3 Å². The van der Waals surface area contributed by atoms with Gasteiger partial charge in [0.1, 0.15) is 0 Å². The van der Waals surface area contributed by atoms with E-state index in [1.165, 1.54) is 12.2 Å². The number of amides is 2. The summed E-state index contributed by atoms with van der Waals surface area (Å²) < 4.78 is 0. The number of alkyl halides is 2. The lowest BCUT2D eigenvalue weighted by Gasteiger charge is -2.23. The molecule has 0 aliphatic carbocycles. The highest BCUT2D eigenvalue weighted by molar-refractivity contribution is 6.28. The van der Waals surface area contributed by atoms with Crippen LogP contribution in [0.25, 0.3) is 0 Å². The number of anilines is 2. The maximum atomic E-state index is 11.6. The number of hydrogen-bond acceptors (Lipinski definition) is 3. The van der Waals surface area contributed by atoms with Gasteiger partial charge in [0, 0.05) is 42.7 Å². The summed E-state index contributed by atoms with van der Waals surface area (Å²) in [6.07, 6.45) is 2.53. The highest BCUT2D eigenvalue weighted by atomic mass is 35.5. The summed E-state index contributed by atoms with van der Waals surface area (Å²) >= 11 is 11.5. The fourth-order valence-electron chi connectivity index (χ4n) is 2.04. The van der Waals surface area contributed by atoms with Crippen molar-refractivity contribution >= 4 is 46.4 Å². The smallest absolute Gasteiger partial charge is 0.258 e. The summed E-state index contributed by atoms with van der Waals surface area (Å²) in [5.41, 5.74) is 1.52. The van der Waals surface area contributed by atoms with Crippen LogP contribution in [0, 0.1) is 0 Å². The van der Waals surface area contributed by atoms with Crippen molar-refractivity contribution < 1.29 is 9.59 Å². The molecular formula is C14H14Cl2N2O2. The Kier molecular flexibility index (Phi) is 5.04. The Morgan fingerprint density at radius 2 is 1.40 bits per heavy atom. The van der Waals surface area contributed by atoms with Crippen LogP contribution in [-0.2, 0) is 9.59 Å². The molecule has 0 fully saturated rings. The van der Waals surface area contributed by atoms with Crippen molar-refractivity contribution in [2.75, 3.05) is 34.6 Å². The van der Waals surface area contributed by atoms with Crippen molar-refractivity contribution in [3.63, 3.8) is 0 Å². The zero-order valence-electron chi connectivity index (χ0n) is 10.8. The molecule has 4 nitrogen and oxygen atoms in total. The molecule has 0 unspecified atom stereocenters. The first-order chi connectivity index (χ1) is 9.67. The predicted octanol–water partition coefficient (Wildman–Crippen LogP) is 2.40. The molecule has 20 heavy (non-hydrogen) atoms. The molecule has 0 radical (unpaired) electrons. The van der Waals surface area contributed by atoms with Gasteiger partial charge in [0.05, 0.1) is 5.69 Å². The zero-order valence-corrected chi connectivity index (χ0v) is 12.3. The van der Waals surface area contributed by atoms with Gasteiger partial charge in [0.2, 0.25) is 0 Å². The lowest BCUT2D eigenvalue weighted by Crippen LogP contribution is -2.30. The molecule has 0 saturated carbocycles. The standard InChI is InChI=1S/C14H14Cl2N2O2/c15-7-9-17(10-8-16)11-1-3-12(4-2-11)18-13(19)5-6-14(18)20/h1-6H,7-10H2. The number of halogens is 2. The van der Waals surface area contributed by atoms with Crippen LogP contribution in [0.4, 0.5) is 11.4 Å². The van der Waals surface area contributed by atoms with Crippen LogP contribution in [0.2, 0.25) is 0 Å². The number of rotatable bonds is 6. The molecule has 2 amide bonds. The number of benzene rings is 1. The summed E-state index contributed by atoms with van der Waals surface area (Å²) in [6, 6.07) is 7.20. The maximum absolute atomic E-state index is 11.6. The Hall–Kier alpha value is -1.52. The summed E-state index contributed by atoms with van der Waals surface area (Å²) in [7, 11) is 0. The van der Waals surface area contributed by atoms with E-state index in [2.05, 4.69) is 4.90 Å². The molecule has 0 saturated heterocycles. The third-order valence-corrected chi connectivity index (χ3v) is 3.33. The molecule has 0 N–H and O–H groups in total. The third-order valence-electron chi connectivity index (χ3n) is 2.99. The van der Waals surface area contributed by atoms with Crippen molar-refractivity contribution in [3.05, 3.63) is 36.4 Å². The van der Waals surface area contributed by atoms with Crippen LogP contribution in [0.5, 0.6) is 0 Å². The number of hydrogen-bond donors (Lipinski definition) is 0. The molecule has 106 valence electrons.